The number of nitrogens with zero attached hydrogens (tertiary/aromatic N) is 1. The first-order valence-electron chi connectivity index (χ1n) is 7.50. The molecule has 0 spiro atoms. The minimum atomic E-state index is -0.577. The second kappa shape index (κ2) is 6.53. The summed E-state index contributed by atoms with van der Waals surface area (Å²) < 4.78 is 0. The van der Waals surface area contributed by atoms with Gasteiger partial charge in [-0.3, -0.25) is 4.79 Å². The summed E-state index contributed by atoms with van der Waals surface area (Å²) in [5.74, 6) is 0.0728. The number of nitrogens with one attached hydrogen (secondary N) is 1. The van der Waals surface area contributed by atoms with E-state index in [1.807, 2.05) is 0 Å². The third-order valence-electron chi connectivity index (χ3n) is 4.33. The van der Waals surface area contributed by atoms with E-state index in [-0.39, 0.29) is 5.91 Å². The Bertz CT molecular complexity index is 268. The summed E-state index contributed by atoms with van der Waals surface area (Å²) >= 11 is 0. The van der Waals surface area contributed by atoms with Crippen LogP contribution in [-0.4, -0.2) is 42.5 Å². The zero-order valence-electron chi connectivity index (χ0n) is 11.4. The Morgan fingerprint density at radius 3 is 2.44 bits per heavy atom. The van der Waals surface area contributed by atoms with Crippen molar-refractivity contribution in [2.45, 2.75) is 56.9 Å². The average Bonchev–Trinajstić information content (AvgIpc) is 2.88. The van der Waals surface area contributed by atoms with Gasteiger partial charge < -0.3 is 16.0 Å². The molecule has 2 rings (SSSR count). The van der Waals surface area contributed by atoms with E-state index < -0.39 is 5.54 Å². The molecule has 18 heavy (non-hydrogen) atoms. The van der Waals surface area contributed by atoms with E-state index in [9.17, 15) is 4.79 Å². The van der Waals surface area contributed by atoms with Crippen LogP contribution in [0.5, 0.6) is 0 Å². The van der Waals surface area contributed by atoms with Gasteiger partial charge in [0.05, 0.1) is 5.54 Å². The lowest BCUT2D eigenvalue weighted by Crippen LogP contribution is -2.55. The fourth-order valence-corrected chi connectivity index (χ4v) is 3.10. The van der Waals surface area contributed by atoms with Gasteiger partial charge in [0.15, 0.2) is 0 Å². The third kappa shape index (κ3) is 3.69. The molecule has 0 atom stereocenters. The molecule has 3 N–H and O–H groups in total. The summed E-state index contributed by atoms with van der Waals surface area (Å²) in [5, 5.41) is 3.03. The first-order valence-corrected chi connectivity index (χ1v) is 7.50. The van der Waals surface area contributed by atoms with Crippen molar-refractivity contribution in [2.75, 3.05) is 26.2 Å². The van der Waals surface area contributed by atoms with Gasteiger partial charge in [-0.25, -0.2) is 0 Å². The van der Waals surface area contributed by atoms with Gasteiger partial charge in [0, 0.05) is 6.54 Å². The van der Waals surface area contributed by atoms with E-state index in [2.05, 4.69) is 10.2 Å². The van der Waals surface area contributed by atoms with Gasteiger partial charge >= 0.3 is 0 Å². The summed E-state index contributed by atoms with van der Waals surface area (Å²) in [6.45, 7) is 4.34. The van der Waals surface area contributed by atoms with Crippen molar-refractivity contribution >= 4 is 5.91 Å². The van der Waals surface area contributed by atoms with Crippen molar-refractivity contribution in [3.63, 3.8) is 0 Å². The van der Waals surface area contributed by atoms with Gasteiger partial charge in [-0.2, -0.15) is 0 Å². The number of rotatable bonds is 5. The van der Waals surface area contributed by atoms with Gasteiger partial charge in [-0.15, -0.1) is 0 Å². The van der Waals surface area contributed by atoms with Crippen molar-refractivity contribution in [1.82, 2.24) is 10.2 Å². The van der Waals surface area contributed by atoms with Crippen molar-refractivity contribution in [2.24, 2.45) is 5.73 Å². The van der Waals surface area contributed by atoms with Crippen LogP contribution in [0.4, 0.5) is 0 Å². The van der Waals surface area contributed by atoms with Crippen LogP contribution in [0.3, 0.4) is 0 Å². The summed E-state index contributed by atoms with van der Waals surface area (Å²) in [6.07, 6.45) is 8.82. The molecular formula is C14H27N3O. The van der Waals surface area contributed by atoms with Crippen LogP contribution in [0, 0.1) is 0 Å². The van der Waals surface area contributed by atoms with Crippen LogP contribution in [-0.2, 0) is 4.79 Å². The lowest BCUT2D eigenvalue weighted by molar-refractivity contribution is -0.127. The number of likely N-dealkylation sites (tertiary alicyclic amines) is 1. The average molecular weight is 253 g/mol. The lowest BCUT2D eigenvalue weighted by Gasteiger charge is -2.31. The minimum absolute atomic E-state index is 0.0728. The van der Waals surface area contributed by atoms with Crippen LogP contribution < -0.4 is 11.1 Å². The van der Waals surface area contributed by atoms with Crippen molar-refractivity contribution < 1.29 is 4.79 Å². The van der Waals surface area contributed by atoms with Gasteiger partial charge in [-0.05, 0) is 51.7 Å². The zero-order valence-corrected chi connectivity index (χ0v) is 11.4. The van der Waals surface area contributed by atoms with E-state index in [4.69, 9.17) is 5.73 Å². The molecule has 1 aliphatic carbocycles. The molecule has 1 saturated carbocycles. The summed E-state index contributed by atoms with van der Waals surface area (Å²) in [5.41, 5.74) is 5.61. The molecule has 2 aliphatic rings. The van der Waals surface area contributed by atoms with Gasteiger partial charge in [0.25, 0.3) is 0 Å². The molecule has 0 aromatic heterocycles. The summed E-state index contributed by atoms with van der Waals surface area (Å²) in [4.78, 5) is 14.5. The maximum absolute atomic E-state index is 12.1. The second-order valence-corrected chi connectivity index (χ2v) is 5.88. The predicted molar refractivity (Wildman–Crippen MR) is 73.3 cm³/mol. The molecular weight excluding hydrogens is 226 g/mol. The van der Waals surface area contributed by atoms with E-state index in [1.165, 1.54) is 32.4 Å². The maximum Gasteiger partial charge on any atom is 0.240 e. The van der Waals surface area contributed by atoms with Crippen LogP contribution in [0.15, 0.2) is 0 Å². The van der Waals surface area contributed by atoms with E-state index in [1.54, 1.807) is 0 Å². The molecule has 4 heteroatoms. The Morgan fingerprint density at radius 2 is 1.78 bits per heavy atom. The highest BCUT2D eigenvalue weighted by Crippen LogP contribution is 2.25. The summed E-state index contributed by atoms with van der Waals surface area (Å²) in [6, 6.07) is 0. The van der Waals surface area contributed by atoms with Gasteiger partial charge in [-0.1, -0.05) is 19.3 Å². The molecule has 1 saturated heterocycles. The molecule has 1 amide bonds. The monoisotopic (exact) mass is 253 g/mol. The fraction of sp³-hybridized carbons (Fsp3) is 0.929. The van der Waals surface area contributed by atoms with E-state index in [0.29, 0.717) is 0 Å². The smallest absolute Gasteiger partial charge is 0.240 e. The first kappa shape index (κ1) is 13.8. The van der Waals surface area contributed by atoms with Gasteiger partial charge in [0.1, 0.15) is 0 Å². The lowest BCUT2D eigenvalue weighted by atomic mass is 9.82. The zero-order chi connectivity index (χ0) is 12.8. The molecule has 4 nitrogen and oxygen atoms in total. The largest absolute Gasteiger partial charge is 0.354 e. The third-order valence-corrected chi connectivity index (χ3v) is 4.33. The van der Waals surface area contributed by atoms with Crippen LogP contribution >= 0.6 is 0 Å². The maximum atomic E-state index is 12.1. The number of carbonyl (C=O) groups excluding carboxylic acids is 1. The highest BCUT2D eigenvalue weighted by atomic mass is 16.2. The summed E-state index contributed by atoms with van der Waals surface area (Å²) in [7, 11) is 0. The second-order valence-electron chi connectivity index (χ2n) is 5.88. The van der Waals surface area contributed by atoms with Crippen LogP contribution in [0.2, 0.25) is 0 Å². The molecule has 0 radical (unpaired) electrons. The molecule has 0 unspecified atom stereocenters. The normalized spacial score (nSPS) is 24.1. The Kier molecular flexibility index (Phi) is 5.01. The van der Waals surface area contributed by atoms with Crippen molar-refractivity contribution in [1.29, 1.82) is 0 Å². The molecule has 0 bridgehead atoms. The van der Waals surface area contributed by atoms with E-state index >= 15 is 0 Å². The standard InChI is InChI=1S/C14H27N3O/c15-14(7-2-1-3-8-14)13(18)16-9-6-12-17-10-4-5-11-17/h1-12,15H2,(H,16,18). The molecule has 0 aromatic rings. The molecule has 1 heterocycles. The number of amides is 1. The Hall–Kier alpha value is -0.610. The number of carbonyl (C=O) groups is 1. The Balaban J connectivity index is 1.61. The highest BCUT2D eigenvalue weighted by Gasteiger charge is 2.34. The number of nitrogens with two attached hydrogens (primary N) is 1. The predicted octanol–water partition coefficient (Wildman–Crippen LogP) is 1.25. The van der Waals surface area contributed by atoms with Gasteiger partial charge in [0.2, 0.25) is 5.91 Å². The number of hydrogen-bond acceptors (Lipinski definition) is 3. The SMILES string of the molecule is NC1(C(=O)NCCCN2CCCC2)CCCCC1. The van der Waals surface area contributed by atoms with Crippen molar-refractivity contribution in [3.05, 3.63) is 0 Å². The molecule has 0 aromatic carbocycles. The molecule has 104 valence electrons. The minimum Gasteiger partial charge on any atom is -0.354 e. The highest BCUT2D eigenvalue weighted by molar-refractivity contribution is 5.86. The fourth-order valence-electron chi connectivity index (χ4n) is 3.10. The van der Waals surface area contributed by atoms with E-state index in [0.717, 1.165) is 45.2 Å². The number of hydrogen-bond donors (Lipinski definition) is 2. The first-order chi connectivity index (χ1) is 8.71. The Morgan fingerprint density at radius 1 is 1.11 bits per heavy atom. The van der Waals surface area contributed by atoms with Crippen molar-refractivity contribution in [3.8, 4) is 0 Å². The quantitative estimate of drug-likeness (QED) is 0.725. The van der Waals surface area contributed by atoms with Crippen LogP contribution in [0.25, 0.3) is 0 Å². The molecule has 1 aliphatic heterocycles. The Labute approximate surface area is 110 Å². The van der Waals surface area contributed by atoms with Crippen LogP contribution in [0.1, 0.15) is 51.4 Å². The topological polar surface area (TPSA) is 58.4 Å². The molecule has 2 fully saturated rings.